The third-order valence-corrected chi connectivity index (χ3v) is 4.43. The summed E-state index contributed by atoms with van der Waals surface area (Å²) in [5.41, 5.74) is -0.388. The third kappa shape index (κ3) is 4.00. The van der Waals surface area contributed by atoms with Crippen molar-refractivity contribution in [3.63, 3.8) is 0 Å². The standard InChI is InChI=1S/C15H23F3O2/c1-5-14(4,20-13(19)10(2)3)11-6-8-12(9-7-11)15(16,17)18/h11-12H,2,5-9H2,1,3-4H3. The molecule has 0 aliphatic heterocycles. The highest BCUT2D eigenvalue weighted by Crippen LogP contribution is 2.44. The van der Waals surface area contributed by atoms with Crippen LogP contribution in [0.3, 0.4) is 0 Å². The lowest BCUT2D eigenvalue weighted by molar-refractivity contribution is -0.192. The van der Waals surface area contributed by atoms with E-state index in [4.69, 9.17) is 4.74 Å². The molecule has 1 atom stereocenters. The monoisotopic (exact) mass is 292 g/mol. The fraction of sp³-hybridized carbons (Fsp3) is 0.800. The van der Waals surface area contributed by atoms with Gasteiger partial charge in [-0.25, -0.2) is 4.79 Å². The number of esters is 1. The molecule has 0 saturated heterocycles. The highest BCUT2D eigenvalue weighted by Gasteiger charge is 2.45. The van der Waals surface area contributed by atoms with Crippen LogP contribution >= 0.6 is 0 Å². The molecule has 1 rings (SSSR count). The van der Waals surface area contributed by atoms with Crippen molar-refractivity contribution in [1.82, 2.24) is 0 Å². The molecule has 0 bridgehead atoms. The van der Waals surface area contributed by atoms with Crippen LogP contribution in [0.15, 0.2) is 12.2 Å². The van der Waals surface area contributed by atoms with Gasteiger partial charge in [0.1, 0.15) is 5.60 Å². The van der Waals surface area contributed by atoms with Crippen LogP contribution in [0, 0.1) is 11.8 Å². The molecule has 0 aromatic carbocycles. The van der Waals surface area contributed by atoms with Crippen LogP contribution in [0.4, 0.5) is 13.2 Å². The number of hydrogen-bond acceptors (Lipinski definition) is 2. The highest BCUT2D eigenvalue weighted by atomic mass is 19.4. The van der Waals surface area contributed by atoms with Gasteiger partial charge in [-0.3, -0.25) is 0 Å². The van der Waals surface area contributed by atoms with Gasteiger partial charge in [0, 0.05) is 5.57 Å². The van der Waals surface area contributed by atoms with Crippen LogP contribution in [-0.2, 0) is 9.53 Å². The fourth-order valence-corrected chi connectivity index (χ4v) is 2.77. The lowest BCUT2D eigenvalue weighted by Crippen LogP contribution is -2.42. The lowest BCUT2D eigenvalue weighted by Gasteiger charge is -2.41. The van der Waals surface area contributed by atoms with E-state index in [1.807, 2.05) is 13.8 Å². The minimum Gasteiger partial charge on any atom is -0.456 e. The van der Waals surface area contributed by atoms with Crippen molar-refractivity contribution in [1.29, 1.82) is 0 Å². The maximum absolute atomic E-state index is 12.7. The number of carbonyl (C=O) groups is 1. The summed E-state index contributed by atoms with van der Waals surface area (Å²) >= 11 is 0. The maximum Gasteiger partial charge on any atom is 0.391 e. The Morgan fingerprint density at radius 3 is 2.00 bits per heavy atom. The molecule has 0 amide bonds. The van der Waals surface area contributed by atoms with Gasteiger partial charge in [-0.2, -0.15) is 13.2 Å². The van der Waals surface area contributed by atoms with E-state index in [1.54, 1.807) is 6.92 Å². The van der Waals surface area contributed by atoms with Gasteiger partial charge in [0.05, 0.1) is 5.92 Å². The van der Waals surface area contributed by atoms with Crippen LogP contribution in [-0.4, -0.2) is 17.7 Å². The van der Waals surface area contributed by atoms with Gasteiger partial charge >= 0.3 is 12.1 Å². The first-order chi connectivity index (χ1) is 9.10. The lowest BCUT2D eigenvalue weighted by atomic mass is 9.73. The van der Waals surface area contributed by atoms with Crippen molar-refractivity contribution < 1.29 is 22.7 Å². The molecular weight excluding hydrogens is 269 g/mol. The zero-order valence-corrected chi connectivity index (χ0v) is 12.3. The number of hydrogen-bond donors (Lipinski definition) is 0. The zero-order chi connectivity index (χ0) is 15.6. The largest absolute Gasteiger partial charge is 0.456 e. The van der Waals surface area contributed by atoms with Crippen molar-refractivity contribution in [2.75, 3.05) is 0 Å². The van der Waals surface area contributed by atoms with E-state index >= 15 is 0 Å². The molecule has 1 saturated carbocycles. The van der Waals surface area contributed by atoms with Gasteiger partial charge < -0.3 is 4.74 Å². The second-order valence-corrected chi connectivity index (χ2v) is 5.93. The Balaban J connectivity index is 2.69. The molecular formula is C15H23F3O2. The van der Waals surface area contributed by atoms with Crippen molar-refractivity contribution in [2.45, 2.75) is 64.7 Å². The SMILES string of the molecule is C=C(C)C(=O)OC(C)(CC)C1CCC(C(F)(F)F)CC1. The van der Waals surface area contributed by atoms with Crippen molar-refractivity contribution >= 4 is 5.97 Å². The summed E-state index contributed by atoms with van der Waals surface area (Å²) in [6.45, 7) is 8.81. The Hall–Kier alpha value is -1.00. The average molecular weight is 292 g/mol. The molecule has 0 aromatic rings. The molecule has 0 N–H and O–H groups in total. The molecule has 0 heterocycles. The Kier molecular flexibility index (Phi) is 5.27. The van der Waals surface area contributed by atoms with E-state index in [1.165, 1.54) is 0 Å². The molecule has 0 radical (unpaired) electrons. The molecule has 1 aliphatic carbocycles. The van der Waals surface area contributed by atoms with Crippen LogP contribution in [0.2, 0.25) is 0 Å². The van der Waals surface area contributed by atoms with E-state index in [0.29, 0.717) is 24.8 Å². The predicted octanol–water partition coefficient (Wildman–Crippen LogP) is 4.64. The third-order valence-electron chi connectivity index (χ3n) is 4.43. The summed E-state index contributed by atoms with van der Waals surface area (Å²) in [5, 5.41) is 0. The summed E-state index contributed by atoms with van der Waals surface area (Å²) in [4.78, 5) is 11.7. The molecule has 0 spiro atoms. The highest BCUT2D eigenvalue weighted by molar-refractivity contribution is 5.87. The van der Waals surface area contributed by atoms with Crippen LogP contribution < -0.4 is 0 Å². The molecule has 20 heavy (non-hydrogen) atoms. The molecule has 2 nitrogen and oxygen atoms in total. The van der Waals surface area contributed by atoms with Crippen molar-refractivity contribution in [3.8, 4) is 0 Å². The molecule has 0 aromatic heterocycles. The first-order valence-electron chi connectivity index (χ1n) is 7.05. The fourth-order valence-electron chi connectivity index (χ4n) is 2.77. The second-order valence-electron chi connectivity index (χ2n) is 5.93. The van der Waals surface area contributed by atoms with E-state index in [-0.39, 0.29) is 18.8 Å². The van der Waals surface area contributed by atoms with E-state index in [9.17, 15) is 18.0 Å². The van der Waals surface area contributed by atoms with Gasteiger partial charge in [0.25, 0.3) is 0 Å². The quantitative estimate of drug-likeness (QED) is 0.557. The summed E-state index contributed by atoms with van der Waals surface area (Å²) < 4.78 is 43.5. The topological polar surface area (TPSA) is 26.3 Å². The number of ether oxygens (including phenoxy) is 1. The number of carbonyl (C=O) groups excluding carboxylic acids is 1. The summed E-state index contributed by atoms with van der Waals surface area (Å²) in [5.74, 6) is -1.70. The van der Waals surface area contributed by atoms with E-state index in [2.05, 4.69) is 6.58 Å². The zero-order valence-electron chi connectivity index (χ0n) is 12.3. The van der Waals surface area contributed by atoms with E-state index in [0.717, 1.165) is 0 Å². The van der Waals surface area contributed by atoms with Gasteiger partial charge in [-0.15, -0.1) is 0 Å². The van der Waals surface area contributed by atoms with Gasteiger partial charge in [-0.05, 0) is 51.9 Å². The molecule has 1 fully saturated rings. The van der Waals surface area contributed by atoms with E-state index < -0.39 is 23.7 Å². The number of rotatable bonds is 4. The first kappa shape index (κ1) is 17.1. The Morgan fingerprint density at radius 1 is 1.20 bits per heavy atom. The van der Waals surface area contributed by atoms with Gasteiger partial charge in [0.15, 0.2) is 0 Å². The van der Waals surface area contributed by atoms with Crippen LogP contribution in [0.25, 0.3) is 0 Å². The normalized spacial score (nSPS) is 26.7. The number of alkyl halides is 3. The Labute approximate surface area is 118 Å². The minimum absolute atomic E-state index is 0.0191. The Morgan fingerprint density at radius 2 is 1.65 bits per heavy atom. The number of halogens is 3. The average Bonchev–Trinajstić information content (AvgIpc) is 2.37. The van der Waals surface area contributed by atoms with Gasteiger partial charge in [0.2, 0.25) is 0 Å². The van der Waals surface area contributed by atoms with Gasteiger partial charge in [-0.1, -0.05) is 13.5 Å². The summed E-state index contributed by atoms with van der Waals surface area (Å²) in [7, 11) is 0. The van der Waals surface area contributed by atoms with Crippen molar-refractivity contribution in [3.05, 3.63) is 12.2 Å². The molecule has 5 heteroatoms. The first-order valence-corrected chi connectivity index (χ1v) is 7.05. The second kappa shape index (κ2) is 6.19. The Bertz CT molecular complexity index is 368. The molecule has 116 valence electrons. The summed E-state index contributed by atoms with van der Waals surface area (Å²) in [6, 6.07) is 0. The minimum atomic E-state index is -4.11. The summed E-state index contributed by atoms with van der Waals surface area (Å²) in [6.07, 6.45) is -2.39. The predicted molar refractivity (Wildman–Crippen MR) is 71.1 cm³/mol. The van der Waals surface area contributed by atoms with Crippen LogP contribution in [0.5, 0.6) is 0 Å². The molecule has 1 unspecified atom stereocenters. The van der Waals surface area contributed by atoms with Crippen LogP contribution in [0.1, 0.15) is 52.9 Å². The maximum atomic E-state index is 12.7. The molecule has 1 aliphatic rings. The smallest absolute Gasteiger partial charge is 0.391 e. The van der Waals surface area contributed by atoms with Crippen molar-refractivity contribution in [2.24, 2.45) is 11.8 Å².